The second kappa shape index (κ2) is 10.1. The van der Waals surface area contributed by atoms with Gasteiger partial charge in [0, 0.05) is 5.70 Å². The SMILES string of the molecule is C=C/C=C\C=C(/C=C)NC(=O)/C(C=C)=C(O)/C=C\C=C. The van der Waals surface area contributed by atoms with Gasteiger partial charge >= 0.3 is 0 Å². The van der Waals surface area contributed by atoms with Crippen LogP contribution in [0, 0.1) is 0 Å². The molecule has 2 N–H and O–H groups in total. The smallest absolute Gasteiger partial charge is 0.259 e. The molecule has 0 rings (SSSR count). The molecule has 0 fully saturated rings. The van der Waals surface area contributed by atoms with Crippen molar-refractivity contribution in [1.29, 1.82) is 0 Å². The third kappa shape index (κ3) is 6.21. The number of carbonyl (C=O) groups is 1. The number of amides is 1. The van der Waals surface area contributed by atoms with Crippen LogP contribution in [0.4, 0.5) is 0 Å². The average Bonchev–Trinajstić information content (AvgIpc) is 2.44. The maximum atomic E-state index is 12.0. The Balaban J connectivity index is 5.17. The average molecular weight is 269 g/mol. The normalized spacial score (nSPS) is 12.9. The lowest BCUT2D eigenvalue weighted by atomic mass is 10.2. The number of hydrogen-bond acceptors (Lipinski definition) is 2. The summed E-state index contributed by atoms with van der Waals surface area (Å²) < 4.78 is 0. The Labute approximate surface area is 120 Å². The van der Waals surface area contributed by atoms with Crippen molar-refractivity contribution in [3.8, 4) is 0 Å². The van der Waals surface area contributed by atoms with Crippen molar-refractivity contribution in [2.75, 3.05) is 0 Å². The van der Waals surface area contributed by atoms with E-state index in [4.69, 9.17) is 0 Å². The van der Waals surface area contributed by atoms with E-state index < -0.39 is 5.91 Å². The zero-order chi connectivity index (χ0) is 15.4. The first kappa shape index (κ1) is 17.2. The number of hydrogen-bond donors (Lipinski definition) is 2. The molecule has 0 unspecified atom stereocenters. The molecule has 0 spiro atoms. The molecule has 0 aliphatic rings. The summed E-state index contributed by atoms with van der Waals surface area (Å²) in [4.78, 5) is 12.0. The molecule has 0 bridgehead atoms. The maximum Gasteiger partial charge on any atom is 0.259 e. The molecule has 3 nitrogen and oxygen atoms in total. The fourth-order valence-electron chi connectivity index (χ4n) is 1.16. The lowest BCUT2D eigenvalue weighted by molar-refractivity contribution is -0.116. The second-order valence-corrected chi connectivity index (χ2v) is 3.50. The van der Waals surface area contributed by atoms with Crippen molar-refractivity contribution in [3.05, 3.63) is 98.0 Å². The summed E-state index contributed by atoms with van der Waals surface area (Å²) in [6.07, 6.45) is 13.8. The van der Waals surface area contributed by atoms with E-state index in [-0.39, 0.29) is 11.3 Å². The highest BCUT2D eigenvalue weighted by Gasteiger charge is 2.10. The third-order valence-corrected chi connectivity index (χ3v) is 2.12. The van der Waals surface area contributed by atoms with Crippen molar-refractivity contribution in [1.82, 2.24) is 5.32 Å². The molecule has 20 heavy (non-hydrogen) atoms. The number of aliphatic hydroxyl groups is 1. The van der Waals surface area contributed by atoms with Crippen molar-refractivity contribution in [2.24, 2.45) is 0 Å². The van der Waals surface area contributed by atoms with Crippen LogP contribution < -0.4 is 5.32 Å². The summed E-state index contributed by atoms with van der Waals surface area (Å²) in [5.74, 6) is -0.674. The van der Waals surface area contributed by atoms with Crippen LogP contribution in [-0.4, -0.2) is 11.0 Å². The van der Waals surface area contributed by atoms with Crippen LogP contribution in [0.15, 0.2) is 98.0 Å². The minimum Gasteiger partial charge on any atom is -0.507 e. The van der Waals surface area contributed by atoms with Crippen molar-refractivity contribution >= 4 is 5.91 Å². The van der Waals surface area contributed by atoms with Gasteiger partial charge in [0.25, 0.3) is 5.91 Å². The maximum absolute atomic E-state index is 12.0. The first-order valence-corrected chi connectivity index (χ1v) is 5.88. The molecule has 0 radical (unpaired) electrons. The Morgan fingerprint density at radius 2 is 1.60 bits per heavy atom. The van der Waals surface area contributed by atoms with E-state index in [1.54, 1.807) is 24.3 Å². The summed E-state index contributed by atoms with van der Waals surface area (Å²) in [6.45, 7) is 14.1. The number of nitrogens with one attached hydrogen (secondary N) is 1. The monoisotopic (exact) mass is 269 g/mol. The lowest BCUT2D eigenvalue weighted by Crippen LogP contribution is -2.23. The van der Waals surface area contributed by atoms with Gasteiger partial charge in [-0.25, -0.2) is 0 Å². The van der Waals surface area contributed by atoms with E-state index in [1.807, 2.05) is 0 Å². The number of rotatable bonds is 8. The van der Waals surface area contributed by atoms with E-state index in [0.717, 1.165) is 0 Å². The molecule has 104 valence electrons. The molecule has 3 heteroatoms. The van der Waals surface area contributed by atoms with Gasteiger partial charge in [-0.1, -0.05) is 62.8 Å². The highest BCUT2D eigenvalue weighted by Crippen LogP contribution is 2.06. The fraction of sp³-hybridized carbons (Fsp3) is 0. The van der Waals surface area contributed by atoms with Crippen LogP contribution in [0.25, 0.3) is 0 Å². The van der Waals surface area contributed by atoms with Crippen molar-refractivity contribution in [2.45, 2.75) is 0 Å². The number of carbonyl (C=O) groups excluding carboxylic acids is 1. The van der Waals surface area contributed by atoms with Crippen LogP contribution in [0.5, 0.6) is 0 Å². The summed E-state index contributed by atoms with van der Waals surface area (Å²) in [6, 6.07) is 0. The fourth-order valence-corrected chi connectivity index (χ4v) is 1.16. The van der Waals surface area contributed by atoms with Gasteiger partial charge < -0.3 is 10.4 Å². The van der Waals surface area contributed by atoms with Gasteiger partial charge in [-0.3, -0.25) is 4.79 Å². The van der Waals surface area contributed by atoms with Gasteiger partial charge in [-0.2, -0.15) is 0 Å². The number of allylic oxidation sites excluding steroid dienone is 8. The molecule has 0 saturated heterocycles. The predicted octanol–water partition coefficient (Wildman–Crippen LogP) is 3.66. The standard InChI is InChI=1S/C17H19NO2/c1-5-9-11-12-14(7-3)18-17(20)15(8-4)16(19)13-10-6-2/h5-13,19H,1-4H2,(H,18,20)/b11-9-,13-10-,14-12+,16-15-. The minimum atomic E-state index is -0.482. The summed E-state index contributed by atoms with van der Waals surface area (Å²) in [7, 11) is 0. The molecule has 0 aromatic carbocycles. The molecule has 0 aliphatic carbocycles. The summed E-state index contributed by atoms with van der Waals surface area (Å²) in [5, 5.41) is 12.4. The summed E-state index contributed by atoms with van der Waals surface area (Å²) in [5.41, 5.74) is 0.552. The Morgan fingerprint density at radius 3 is 2.10 bits per heavy atom. The van der Waals surface area contributed by atoms with Gasteiger partial charge in [0.05, 0.1) is 5.57 Å². The molecule has 0 aromatic heterocycles. The van der Waals surface area contributed by atoms with Crippen LogP contribution in [0.3, 0.4) is 0 Å². The molecule has 0 aromatic rings. The van der Waals surface area contributed by atoms with E-state index in [9.17, 15) is 9.90 Å². The number of aliphatic hydroxyl groups excluding tert-OH is 1. The highest BCUT2D eigenvalue weighted by molar-refractivity contribution is 5.98. The summed E-state index contributed by atoms with van der Waals surface area (Å²) >= 11 is 0. The van der Waals surface area contributed by atoms with Crippen LogP contribution in [-0.2, 0) is 4.79 Å². The van der Waals surface area contributed by atoms with Gasteiger partial charge in [0.1, 0.15) is 5.76 Å². The van der Waals surface area contributed by atoms with Gasteiger partial charge in [-0.15, -0.1) is 0 Å². The minimum absolute atomic E-state index is 0.0588. The Bertz CT molecular complexity index is 517. The zero-order valence-corrected chi connectivity index (χ0v) is 11.4. The van der Waals surface area contributed by atoms with Crippen molar-refractivity contribution < 1.29 is 9.90 Å². The third-order valence-electron chi connectivity index (χ3n) is 2.12. The van der Waals surface area contributed by atoms with E-state index in [1.165, 1.54) is 30.4 Å². The first-order valence-electron chi connectivity index (χ1n) is 5.88. The predicted molar refractivity (Wildman–Crippen MR) is 84.9 cm³/mol. The largest absolute Gasteiger partial charge is 0.507 e. The van der Waals surface area contributed by atoms with E-state index in [2.05, 4.69) is 31.6 Å². The molecule has 1 amide bonds. The Kier molecular flexibility index (Phi) is 8.72. The van der Waals surface area contributed by atoms with Crippen LogP contribution >= 0.6 is 0 Å². The topological polar surface area (TPSA) is 49.3 Å². The van der Waals surface area contributed by atoms with Crippen molar-refractivity contribution in [3.63, 3.8) is 0 Å². The first-order chi connectivity index (χ1) is 9.60. The molecular formula is C17H19NO2. The van der Waals surface area contributed by atoms with E-state index in [0.29, 0.717) is 5.70 Å². The molecular weight excluding hydrogens is 250 g/mol. The lowest BCUT2D eigenvalue weighted by Gasteiger charge is -2.07. The van der Waals surface area contributed by atoms with E-state index >= 15 is 0 Å². The second-order valence-electron chi connectivity index (χ2n) is 3.50. The van der Waals surface area contributed by atoms with Gasteiger partial charge in [0.2, 0.25) is 0 Å². The molecule has 0 heterocycles. The van der Waals surface area contributed by atoms with Gasteiger partial charge in [-0.05, 0) is 18.2 Å². The zero-order valence-electron chi connectivity index (χ0n) is 11.4. The van der Waals surface area contributed by atoms with Crippen LogP contribution in [0.1, 0.15) is 0 Å². The molecule has 0 aliphatic heterocycles. The Hall–Kier alpha value is -2.81. The highest BCUT2D eigenvalue weighted by atomic mass is 16.3. The van der Waals surface area contributed by atoms with Gasteiger partial charge in [0.15, 0.2) is 0 Å². The van der Waals surface area contributed by atoms with Crippen LogP contribution in [0.2, 0.25) is 0 Å². The Morgan fingerprint density at radius 1 is 0.950 bits per heavy atom. The quantitative estimate of drug-likeness (QED) is 0.401. The molecule has 0 saturated carbocycles. The molecule has 0 atom stereocenters.